The average Bonchev–Trinajstić information content (AvgIpc) is 3.24. The molecule has 1 unspecified atom stereocenters. The molecule has 2 atom stereocenters. The molecule has 2 aliphatic rings. The largest absolute Gasteiger partial charge is 0.388 e. The first-order valence-electron chi connectivity index (χ1n) is 10.2. The summed E-state index contributed by atoms with van der Waals surface area (Å²) in [5.41, 5.74) is 6.75. The number of hydrogen-bond acceptors (Lipinski definition) is 2. The summed E-state index contributed by atoms with van der Waals surface area (Å²) in [4.78, 5) is 2.42. The van der Waals surface area contributed by atoms with Crippen LogP contribution in [-0.4, -0.2) is 35.2 Å². The van der Waals surface area contributed by atoms with Gasteiger partial charge in [0.1, 0.15) is 30.9 Å². The van der Waals surface area contributed by atoms with Crippen molar-refractivity contribution in [2.24, 2.45) is 0 Å². The highest BCUT2D eigenvalue weighted by atomic mass is 16.3. The van der Waals surface area contributed by atoms with E-state index in [-0.39, 0.29) is 12.1 Å². The minimum absolute atomic E-state index is 0.0694. The van der Waals surface area contributed by atoms with Crippen molar-refractivity contribution < 1.29 is 9.68 Å². The quantitative estimate of drug-likeness (QED) is 0.812. The van der Waals surface area contributed by atoms with Gasteiger partial charge in [0.15, 0.2) is 0 Å². The first-order valence-corrected chi connectivity index (χ1v) is 10.2. The summed E-state index contributed by atoms with van der Waals surface area (Å²) < 4.78 is 2.34. The van der Waals surface area contributed by atoms with E-state index in [0.29, 0.717) is 11.8 Å². The van der Waals surface area contributed by atoms with Gasteiger partial charge in [-0.2, -0.15) is 0 Å². The van der Waals surface area contributed by atoms with E-state index < -0.39 is 0 Å². The lowest BCUT2D eigenvalue weighted by molar-refractivity contribution is -0.568. The minimum atomic E-state index is -0.330. The van der Waals surface area contributed by atoms with E-state index in [2.05, 4.69) is 86.0 Å². The van der Waals surface area contributed by atoms with Crippen molar-refractivity contribution in [3.8, 4) is 0 Å². The lowest BCUT2D eigenvalue weighted by atomic mass is 9.92. The molecule has 4 rings (SSSR count). The summed E-state index contributed by atoms with van der Waals surface area (Å²) in [6, 6.07) is 15.3. The number of benzene rings is 2. The number of hydrogen-bond donors (Lipinski definition) is 1. The minimum Gasteiger partial charge on any atom is -0.388 e. The Morgan fingerprint density at radius 2 is 1.63 bits per heavy atom. The van der Waals surface area contributed by atoms with Gasteiger partial charge in [-0.15, -0.1) is 0 Å². The lowest BCUT2D eigenvalue weighted by Crippen LogP contribution is -2.26. The molecular weight excluding hydrogens is 332 g/mol. The number of aliphatic hydroxyl groups excluding tert-OH is 1. The van der Waals surface area contributed by atoms with Crippen LogP contribution < -0.4 is 4.90 Å². The van der Waals surface area contributed by atoms with Crippen LogP contribution in [0.2, 0.25) is 0 Å². The van der Waals surface area contributed by atoms with Gasteiger partial charge in [-0.05, 0) is 17.4 Å². The fraction of sp³-hybridized carbons (Fsp3) is 0.458. The maximum absolute atomic E-state index is 10.7. The molecule has 3 nitrogen and oxygen atoms in total. The van der Waals surface area contributed by atoms with Crippen LogP contribution in [-0.2, 0) is 6.42 Å². The fourth-order valence-electron chi connectivity index (χ4n) is 4.69. The average molecular weight is 364 g/mol. The molecule has 0 bridgehead atoms. The van der Waals surface area contributed by atoms with Crippen LogP contribution in [0.5, 0.6) is 0 Å². The number of para-hydroxylation sites is 1. The zero-order valence-corrected chi connectivity index (χ0v) is 16.9. The van der Waals surface area contributed by atoms with Crippen molar-refractivity contribution in [2.75, 3.05) is 18.0 Å². The maximum Gasteiger partial charge on any atom is 0.240 e. The molecule has 3 heteroatoms. The molecule has 0 amide bonds. The summed E-state index contributed by atoms with van der Waals surface area (Å²) >= 11 is 0. The summed E-state index contributed by atoms with van der Waals surface area (Å²) in [6.45, 7) is 11.0. The second-order valence-corrected chi connectivity index (χ2v) is 8.56. The van der Waals surface area contributed by atoms with Crippen molar-refractivity contribution in [3.05, 3.63) is 64.7 Å². The van der Waals surface area contributed by atoms with E-state index in [1.807, 2.05) is 0 Å². The molecule has 0 saturated carbocycles. The van der Waals surface area contributed by atoms with Crippen molar-refractivity contribution in [1.82, 2.24) is 0 Å². The molecule has 0 spiro atoms. The SMILES string of the molecule is CC(C)c1cccc(C(C)C)c1N1C=[N+](C2c3ccccc3C[C@@H]2O)CC1. The van der Waals surface area contributed by atoms with Crippen LogP contribution in [0, 0.1) is 0 Å². The lowest BCUT2D eigenvalue weighted by Gasteiger charge is -2.20. The molecule has 2 aromatic rings. The van der Waals surface area contributed by atoms with Gasteiger partial charge in [0.05, 0.1) is 0 Å². The van der Waals surface area contributed by atoms with Gasteiger partial charge in [0.2, 0.25) is 6.34 Å². The van der Waals surface area contributed by atoms with E-state index in [9.17, 15) is 5.11 Å². The molecule has 1 N–H and O–H groups in total. The Hall–Kier alpha value is -2.13. The molecule has 1 aliphatic carbocycles. The first-order chi connectivity index (χ1) is 13.0. The van der Waals surface area contributed by atoms with Crippen molar-refractivity contribution >= 4 is 12.0 Å². The van der Waals surface area contributed by atoms with Crippen LogP contribution in [0.4, 0.5) is 5.69 Å². The number of aliphatic hydroxyl groups is 1. The topological polar surface area (TPSA) is 26.5 Å². The molecule has 0 radical (unpaired) electrons. The summed E-state index contributed by atoms with van der Waals surface area (Å²) in [7, 11) is 0. The molecule has 2 aromatic carbocycles. The monoisotopic (exact) mass is 363 g/mol. The predicted octanol–water partition coefficient (Wildman–Crippen LogP) is 4.45. The first kappa shape index (κ1) is 18.2. The van der Waals surface area contributed by atoms with E-state index in [4.69, 9.17) is 0 Å². The van der Waals surface area contributed by atoms with E-state index in [0.717, 1.165) is 19.5 Å². The standard InChI is InChI=1S/C24H31N2O/c1-16(2)19-10-7-11-20(17(3)4)23(19)25-12-13-26(15-25)24-21-9-6-5-8-18(21)14-22(24)27/h5-11,15-17,22,24,27H,12-14H2,1-4H3/q+1/t22-,24?/m0/s1. The van der Waals surface area contributed by atoms with Gasteiger partial charge in [-0.3, -0.25) is 4.58 Å². The van der Waals surface area contributed by atoms with Crippen molar-refractivity contribution in [2.45, 2.75) is 58.1 Å². The van der Waals surface area contributed by atoms with E-state index >= 15 is 0 Å². The van der Waals surface area contributed by atoms with E-state index in [1.54, 1.807) is 0 Å². The van der Waals surface area contributed by atoms with Gasteiger partial charge >= 0.3 is 0 Å². The Kier molecular flexibility index (Phi) is 4.81. The van der Waals surface area contributed by atoms with E-state index in [1.165, 1.54) is 27.9 Å². The third-order valence-electron chi connectivity index (χ3n) is 6.04. The molecule has 142 valence electrons. The third kappa shape index (κ3) is 3.19. The highest BCUT2D eigenvalue weighted by molar-refractivity contribution is 5.81. The Labute approximate surface area is 163 Å². The smallest absolute Gasteiger partial charge is 0.240 e. The van der Waals surface area contributed by atoms with Gasteiger partial charge in [-0.25, -0.2) is 4.90 Å². The van der Waals surface area contributed by atoms with Crippen molar-refractivity contribution in [1.29, 1.82) is 0 Å². The molecule has 27 heavy (non-hydrogen) atoms. The van der Waals surface area contributed by atoms with Gasteiger partial charge in [-0.1, -0.05) is 70.2 Å². The molecule has 1 heterocycles. The zero-order valence-electron chi connectivity index (χ0n) is 16.9. The zero-order chi connectivity index (χ0) is 19.1. The Bertz CT molecular complexity index is 842. The molecule has 0 saturated heterocycles. The fourth-order valence-corrected chi connectivity index (χ4v) is 4.69. The number of nitrogens with zero attached hydrogens (tertiary/aromatic N) is 2. The van der Waals surface area contributed by atoms with Crippen LogP contribution in [0.25, 0.3) is 0 Å². The Morgan fingerprint density at radius 1 is 0.963 bits per heavy atom. The number of rotatable bonds is 4. The number of anilines is 1. The highest BCUT2D eigenvalue weighted by Crippen LogP contribution is 2.38. The summed E-state index contributed by atoms with van der Waals surface area (Å²) in [5.74, 6) is 0.970. The maximum atomic E-state index is 10.7. The normalized spacial score (nSPS) is 21.9. The molecular formula is C24H31N2O+. The summed E-state index contributed by atoms with van der Waals surface area (Å²) in [6.07, 6.45) is 2.68. The van der Waals surface area contributed by atoms with Gasteiger partial charge in [0.25, 0.3) is 0 Å². The second-order valence-electron chi connectivity index (χ2n) is 8.56. The third-order valence-corrected chi connectivity index (χ3v) is 6.04. The second kappa shape index (κ2) is 7.12. The summed E-state index contributed by atoms with van der Waals surface area (Å²) in [5, 5.41) is 10.7. The van der Waals surface area contributed by atoms with Crippen LogP contribution in [0.1, 0.15) is 67.8 Å². The predicted molar refractivity (Wildman–Crippen MR) is 112 cm³/mol. The van der Waals surface area contributed by atoms with Gasteiger partial charge in [0, 0.05) is 23.1 Å². The molecule has 0 fully saturated rings. The Balaban J connectivity index is 1.74. The van der Waals surface area contributed by atoms with Crippen LogP contribution in [0.3, 0.4) is 0 Å². The molecule has 1 aliphatic heterocycles. The molecule has 0 aromatic heterocycles. The highest BCUT2D eigenvalue weighted by Gasteiger charge is 2.39. The number of fused-ring (bicyclic) bond motifs is 1. The Morgan fingerprint density at radius 3 is 2.30 bits per heavy atom. The van der Waals surface area contributed by atoms with Crippen LogP contribution in [0.15, 0.2) is 42.5 Å². The van der Waals surface area contributed by atoms with Gasteiger partial charge < -0.3 is 5.11 Å². The van der Waals surface area contributed by atoms with Crippen molar-refractivity contribution in [3.63, 3.8) is 0 Å². The van der Waals surface area contributed by atoms with Crippen LogP contribution >= 0.6 is 0 Å².